The smallest absolute Gasteiger partial charge is 0.249 e. The Morgan fingerprint density at radius 2 is 1.70 bits per heavy atom. The zero-order valence-corrected chi connectivity index (χ0v) is 17.5. The van der Waals surface area contributed by atoms with Crippen LogP contribution in [0.5, 0.6) is 11.5 Å². The molecular formula is C24H29N3O3. The Balaban J connectivity index is 1.20. The summed E-state index contributed by atoms with van der Waals surface area (Å²) in [5.41, 5.74) is 0.728. The molecule has 3 aliphatic heterocycles. The number of nitrogens with zero attached hydrogens (tertiary/aromatic N) is 3. The molecule has 30 heavy (non-hydrogen) atoms. The van der Waals surface area contributed by atoms with Crippen molar-refractivity contribution in [3.63, 3.8) is 0 Å². The van der Waals surface area contributed by atoms with E-state index < -0.39 is 5.54 Å². The quantitative estimate of drug-likeness (QED) is 0.780. The van der Waals surface area contributed by atoms with E-state index in [1.807, 2.05) is 54.4 Å². The highest BCUT2D eigenvalue weighted by atomic mass is 16.6. The number of carbonyl (C=O) groups is 1. The number of amides is 1. The minimum absolute atomic E-state index is 0.0795. The highest BCUT2D eigenvalue weighted by Gasteiger charge is 2.52. The van der Waals surface area contributed by atoms with Crippen LogP contribution in [0.4, 0.5) is 5.69 Å². The topological polar surface area (TPSA) is 45.2 Å². The summed E-state index contributed by atoms with van der Waals surface area (Å²) in [5, 5.41) is 0. The van der Waals surface area contributed by atoms with Gasteiger partial charge >= 0.3 is 0 Å². The molecule has 2 aromatic rings. The Morgan fingerprint density at radius 1 is 1.00 bits per heavy atom. The number of rotatable bonds is 4. The minimum atomic E-state index is -0.407. The van der Waals surface area contributed by atoms with Gasteiger partial charge in [-0.1, -0.05) is 30.3 Å². The first-order chi connectivity index (χ1) is 14.7. The Morgan fingerprint density at radius 3 is 2.47 bits per heavy atom. The van der Waals surface area contributed by atoms with Crippen LogP contribution in [0, 0.1) is 0 Å². The summed E-state index contributed by atoms with van der Waals surface area (Å²) in [6.45, 7) is 4.07. The Bertz CT molecular complexity index is 896. The van der Waals surface area contributed by atoms with E-state index in [0.29, 0.717) is 13.3 Å². The summed E-state index contributed by atoms with van der Waals surface area (Å²) in [4.78, 5) is 19.8. The van der Waals surface area contributed by atoms with Gasteiger partial charge in [-0.25, -0.2) is 0 Å². The molecule has 2 fully saturated rings. The van der Waals surface area contributed by atoms with E-state index >= 15 is 0 Å². The molecule has 1 spiro atoms. The SMILES string of the molecule is CN1CN(c2ccccc2)C2(CCN(CCC3COc4ccccc4O3)CC2)C1=O. The van der Waals surface area contributed by atoms with Gasteiger partial charge in [0.25, 0.3) is 0 Å². The molecule has 6 heteroatoms. The molecule has 1 amide bonds. The lowest BCUT2D eigenvalue weighted by atomic mass is 9.85. The molecule has 0 radical (unpaired) electrons. The second-order valence-corrected chi connectivity index (χ2v) is 8.57. The van der Waals surface area contributed by atoms with Crippen LogP contribution in [-0.2, 0) is 4.79 Å². The molecule has 6 nitrogen and oxygen atoms in total. The van der Waals surface area contributed by atoms with Crippen LogP contribution in [0.3, 0.4) is 0 Å². The predicted octanol–water partition coefficient (Wildman–Crippen LogP) is 2.99. The van der Waals surface area contributed by atoms with Gasteiger partial charge in [-0.3, -0.25) is 4.79 Å². The number of likely N-dealkylation sites (N-methyl/N-ethyl adjacent to an activating group) is 1. The van der Waals surface area contributed by atoms with Crippen LogP contribution in [0.15, 0.2) is 54.6 Å². The minimum Gasteiger partial charge on any atom is -0.486 e. The van der Waals surface area contributed by atoms with E-state index in [2.05, 4.69) is 21.9 Å². The molecular weight excluding hydrogens is 378 g/mol. The summed E-state index contributed by atoms with van der Waals surface area (Å²) in [7, 11) is 1.91. The van der Waals surface area contributed by atoms with Crippen LogP contribution in [0.25, 0.3) is 0 Å². The van der Waals surface area contributed by atoms with Crippen molar-refractivity contribution < 1.29 is 14.3 Å². The molecule has 0 saturated carbocycles. The predicted molar refractivity (Wildman–Crippen MR) is 116 cm³/mol. The molecule has 0 N–H and O–H groups in total. The van der Waals surface area contributed by atoms with E-state index in [0.717, 1.165) is 56.1 Å². The van der Waals surface area contributed by atoms with Gasteiger partial charge in [0.1, 0.15) is 18.2 Å². The average Bonchev–Trinajstić information content (AvgIpc) is 3.04. The second kappa shape index (κ2) is 7.84. The summed E-state index contributed by atoms with van der Waals surface area (Å²) in [6, 6.07) is 18.2. The number of piperidine rings is 1. The van der Waals surface area contributed by atoms with Crippen LogP contribution < -0.4 is 14.4 Å². The van der Waals surface area contributed by atoms with Crippen molar-refractivity contribution >= 4 is 11.6 Å². The van der Waals surface area contributed by atoms with Crippen molar-refractivity contribution in [3.05, 3.63) is 54.6 Å². The molecule has 2 aromatic carbocycles. The zero-order chi connectivity index (χ0) is 20.6. The number of hydrogen-bond acceptors (Lipinski definition) is 5. The number of hydrogen-bond donors (Lipinski definition) is 0. The van der Waals surface area contributed by atoms with Crippen molar-refractivity contribution in [3.8, 4) is 11.5 Å². The van der Waals surface area contributed by atoms with E-state index in [1.54, 1.807) is 0 Å². The van der Waals surface area contributed by atoms with Crippen molar-refractivity contribution in [1.82, 2.24) is 9.80 Å². The maximum Gasteiger partial charge on any atom is 0.249 e. The molecule has 3 heterocycles. The fourth-order valence-corrected chi connectivity index (χ4v) is 4.98. The van der Waals surface area contributed by atoms with E-state index in [1.165, 1.54) is 0 Å². The molecule has 3 aliphatic rings. The first-order valence-corrected chi connectivity index (χ1v) is 10.8. The average molecular weight is 408 g/mol. The molecule has 0 bridgehead atoms. The van der Waals surface area contributed by atoms with Crippen molar-refractivity contribution in [2.75, 3.05) is 44.9 Å². The Labute approximate surface area is 178 Å². The van der Waals surface area contributed by atoms with E-state index in [-0.39, 0.29) is 12.0 Å². The van der Waals surface area contributed by atoms with Crippen LogP contribution in [0.2, 0.25) is 0 Å². The number of para-hydroxylation sites is 3. The number of benzene rings is 2. The number of likely N-dealkylation sites (tertiary alicyclic amines) is 1. The number of anilines is 1. The van der Waals surface area contributed by atoms with E-state index in [4.69, 9.17) is 9.47 Å². The maximum atomic E-state index is 13.1. The fourth-order valence-electron chi connectivity index (χ4n) is 4.98. The summed E-state index contributed by atoms with van der Waals surface area (Å²) >= 11 is 0. The Kier molecular flexibility index (Phi) is 5.03. The van der Waals surface area contributed by atoms with Crippen LogP contribution in [-0.4, -0.2) is 67.3 Å². The molecule has 158 valence electrons. The van der Waals surface area contributed by atoms with Crippen molar-refractivity contribution in [2.45, 2.75) is 30.9 Å². The summed E-state index contributed by atoms with van der Waals surface area (Å²) in [5.74, 6) is 1.93. The van der Waals surface area contributed by atoms with Gasteiger partial charge < -0.3 is 24.2 Å². The Hall–Kier alpha value is -2.73. The third-order valence-corrected chi connectivity index (χ3v) is 6.70. The van der Waals surface area contributed by atoms with Gasteiger partial charge in [0.2, 0.25) is 5.91 Å². The lowest BCUT2D eigenvalue weighted by Crippen LogP contribution is -2.56. The van der Waals surface area contributed by atoms with Crippen LogP contribution >= 0.6 is 0 Å². The molecule has 1 atom stereocenters. The lowest BCUT2D eigenvalue weighted by Gasteiger charge is -2.43. The van der Waals surface area contributed by atoms with Gasteiger partial charge in [0.05, 0.1) is 6.67 Å². The molecule has 1 unspecified atom stereocenters. The van der Waals surface area contributed by atoms with Crippen molar-refractivity contribution in [1.29, 1.82) is 0 Å². The molecule has 5 rings (SSSR count). The fraction of sp³-hybridized carbons (Fsp3) is 0.458. The third-order valence-electron chi connectivity index (χ3n) is 6.70. The number of fused-ring (bicyclic) bond motifs is 1. The molecule has 2 saturated heterocycles. The van der Waals surface area contributed by atoms with Crippen molar-refractivity contribution in [2.24, 2.45) is 0 Å². The highest BCUT2D eigenvalue weighted by molar-refractivity contribution is 5.93. The normalized spacial score (nSPS) is 23.2. The van der Waals surface area contributed by atoms with Crippen LogP contribution in [0.1, 0.15) is 19.3 Å². The van der Waals surface area contributed by atoms with E-state index in [9.17, 15) is 4.79 Å². The third kappa shape index (κ3) is 3.39. The van der Waals surface area contributed by atoms with Gasteiger partial charge in [-0.05, 0) is 37.1 Å². The zero-order valence-electron chi connectivity index (χ0n) is 17.5. The number of ether oxygens (including phenoxy) is 2. The first-order valence-electron chi connectivity index (χ1n) is 10.8. The van der Waals surface area contributed by atoms with Gasteiger partial charge in [-0.15, -0.1) is 0 Å². The summed E-state index contributed by atoms with van der Waals surface area (Å²) < 4.78 is 11.9. The first kappa shape index (κ1) is 19.2. The second-order valence-electron chi connectivity index (χ2n) is 8.57. The maximum absolute atomic E-state index is 13.1. The lowest BCUT2D eigenvalue weighted by molar-refractivity contribution is -0.132. The summed E-state index contributed by atoms with van der Waals surface area (Å²) in [6.07, 6.45) is 2.72. The number of carbonyl (C=O) groups excluding carboxylic acids is 1. The largest absolute Gasteiger partial charge is 0.486 e. The standard InChI is InChI=1S/C24H29N3O3/c1-25-18-27(19-7-3-2-4-8-19)24(23(25)28)12-15-26(16-13-24)14-11-20-17-29-21-9-5-6-10-22(21)30-20/h2-10,20H,11-18H2,1H3. The molecule has 0 aromatic heterocycles. The molecule has 0 aliphatic carbocycles. The monoisotopic (exact) mass is 407 g/mol. The highest BCUT2D eigenvalue weighted by Crippen LogP contribution is 2.39. The van der Waals surface area contributed by atoms with Gasteiger partial charge in [0, 0.05) is 38.8 Å². The van der Waals surface area contributed by atoms with Gasteiger partial charge in [-0.2, -0.15) is 0 Å². The van der Waals surface area contributed by atoms with Gasteiger partial charge in [0.15, 0.2) is 11.5 Å².